The van der Waals surface area contributed by atoms with E-state index in [0.29, 0.717) is 23.4 Å². The maximum absolute atomic E-state index is 13.5. The molecule has 0 bridgehead atoms. The molecule has 0 aliphatic carbocycles. The van der Waals surface area contributed by atoms with E-state index in [-0.39, 0.29) is 18.0 Å². The number of nitrogens with zero attached hydrogens (tertiary/aromatic N) is 2. The van der Waals surface area contributed by atoms with Gasteiger partial charge in [0.1, 0.15) is 5.76 Å². The van der Waals surface area contributed by atoms with Gasteiger partial charge in [0.25, 0.3) is 5.91 Å². The molecule has 5 rings (SSSR count). The summed E-state index contributed by atoms with van der Waals surface area (Å²) in [5.74, 6) is 1.93. The van der Waals surface area contributed by atoms with Crippen LogP contribution >= 0.6 is 0 Å². The molecule has 172 valence electrons. The van der Waals surface area contributed by atoms with Crippen LogP contribution in [0.2, 0.25) is 0 Å². The first-order valence-corrected chi connectivity index (χ1v) is 12.1. The Balaban J connectivity index is 1.33. The zero-order valence-corrected chi connectivity index (χ0v) is 19.3. The number of amides is 1. The molecule has 33 heavy (non-hydrogen) atoms. The van der Waals surface area contributed by atoms with Crippen LogP contribution in [-0.2, 0) is 0 Å². The molecular weight excluding hydrogens is 410 g/mol. The standard InChI is InChI=1S/C28H33N3O2/c1-20(29)26-12-13-27(33-26)28(32)31-18-24(22-10-6-3-7-11-22)16-25(31)19-30-15-14-23(17-30)21-8-4-2-5-9-21/h2-13,20,23-25H,14-19,29H2,1H3/t20-,23-,24-,25-/m0/s1. The number of nitrogens with two attached hydrogens (primary N) is 1. The average molecular weight is 444 g/mol. The predicted octanol–water partition coefficient (Wildman–Crippen LogP) is 4.79. The first-order valence-electron chi connectivity index (χ1n) is 12.1. The molecule has 3 aromatic rings. The van der Waals surface area contributed by atoms with Gasteiger partial charge in [0.05, 0.1) is 6.04 Å². The summed E-state index contributed by atoms with van der Waals surface area (Å²) in [5.41, 5.74) is 8.67. The summed E-state index contributed by atoms with van der Waals surface area (Å²) < 4.78 is 5.82. The van der Waals surface area contributed by atoms with Gasteiger partial charge in [-0.25, -0.2) is 0 Å². The number of hydrogen-bond donors (Lipinski definition) is 1. The van der Waals surface area contributed by atoms with Gasteiger partial charge in [-0.15, -0.1) is 0 Å². The number of carbonyl (C=O) groups excluding carboxylic acids is 1. The molecule has 2 aliphatic rings. The lowest BCUT2D eigenvalue weighted by atomic mass is 9.96. The maximum atomic E-state index is 13.5. The molecule has 0 saturated carbocycles. The highest BCUT2D eigenvalue weighted by atomic mass is 16.4. The smallest absolute Gasteiger partial charge is 0.289 e. The van der Waals surface area contributed by atoms with Crippen molar-refractivity contribution in [2.75, 3.05) is 26.2 Å². The minimum absolute atomic E-state index is 0.0239. The minimum atomic E-state index is -0.225. The van der Waals surface area contributed by atoms with Gasteiger partial charge >= 0.3 is 0 Å². The summed E-state index contributed by atoms with van der Waals surface area (Å²) in [6, 6.07) is 24.9. The van der Waals surface area contributed by atoms with E-state index < -0.39 is 0 Å². The van der Waals surface area contributed by atoms with Crippen LogP contribution in [-0.4, -0.2) is 47.9 Å². The Morgan fingerprint density at radius 2 is 1.64 bits per heavy atom. The Bertz CT molecular complexity index is 1060. The monoisotopic (exact) mass is 443 g/mol. The van der Waals surface area contributed by atoms with E-state index in [4.69, 9.17) is 10.2 Å². The van der Waals surface area contributed by atoms with Crippen LogP contribution in [0.15, 0.2) is 77.2 Å². The number of carbonyl (C=O) groups is 1. The van der Waals surface area contributed by atoms with E-state index in [1.165, 1.54) is 17.5 Å². The lowest BCUT2D eigenvalue weighted by Gasteiger charge is -2.28. The van der Waals surface area contributed by atoms with E-state index in [1.54, 1.807) is 6.07 Å². The van der Waals surface area contributed by atoms with Crippen molar-refractivity contribution in [2.45, 2.75) is 43.7 Å². The molecule has 2 saturated heterocycles. The number of rotatable bonds is 6. The minimum Gasteiger partial charge on any atom is -0.454 e. The van der Waals surface area contributed by atoms with Gasteiger partial charge in [-0.05, 0) is 55.5 Å². The number of likely N-dealkylation sites (tertiary alicyclic amines) is 2. The van der Waals surface area contributed by atoms with Crippen molar-refractivity contribution in [2.24, 2.45) is 5.73 Å². The Morgan fingerprint density at radius 3 is 2.27 bits per heavy atom. The van der Waals surface area contributed by atoms with Gasteiger partial charge < -0.3 is 20.0 Å². The molecule has 0 radical (unpaired) electrons. The van der Waals surface area contributed by atoms with Crippen molar-refractivity contribution >= 4 is 5.91 Å². The van der Waals surface area contributed by atoms with Crippen LogP contribution in [0.25, 0.3) is 0 Å². The normalized spacial score (nSPS) is 24.3. The van der Waals surface area contributed by atoms with Gasteiger partial charge in [-0.1, -0.05) is 60.7 Å². The third kappa shape index (κ3) is 4.75. The third-order valence-electron chi connectivity index (χ3n) is 7.24. The molecule has 3 heterocycles. The topological polar surface area (TPSA) is 62.7 Å². The molecule has 5 heteroatoms. The molecule has 2 aliphatic heterocycles. The summed E-state index contributed by atoms with van der Waals surface area (Å²) in [5, 5.41) is 0. The van der Waals surface area contributed by atoms with Crippen molar-refractivity contribution < 1.29 is 9.21 Å². The van der Waals surface area contributed by atoms with Crippen LogP contribution in [0.1, 0.15) is 65.1 Å². The van der Waals surface area contributed by atoms with Crippen LogP contribution in [0, 0.1) is 0 Å². The number of furan rings is 1. The first-order chi connectivity index (χ1) is 16.1. The van der Waals surface area contributed by atoms with Crippen LogP contribution < -0.4 is 5.73 Å². The molecule has 2 N–H and O–H groups in total. The largest absolute Gasteiger partial charge is 0.454 e. The van der Waals surface area contributed by atoms with Crippen LogP contribution in [0.3, 0.4) is 0 Å². The molecule has 2 aromatic carbocycles. The van der Waals surface area contributed by atoms with Crippen molar-refractivity contribution in [3.05, 3.63) is 95.4 Å². The first kappa shape index (κ1) is 21.9. The van der Waals surface area contributed by atoms with E-state index in [0.717, 1.165) is 32.6 Å². The number of benzene rings is 2. The maximum Gasteiger partial charge on any atom is 0.289 e. The highest BCUT2D eigenvalue weighted by Crippen LogP contribution is 2.35. The Labute approximate surface area is 196 Å². The fraction of sp³-hybridized carbons (Fsp3) is 0.393. The zero-order chi connectivity index (χ0) is 22.8. The lowest BCUT2D eigenvalue weighted by Crippen LogP contribution is -2.42. The number of hydrogen-bond acceptors (Lipinski definition) is 4. The molecule has 4 atom stereocenters. The van der Waals surface area contributed by atoms with E-state index in [9.17, 15) is 4.79 Å². The van der Waals surface area contributed by atoms with Crippen LogP contribution in [0.5, 0.6) is 0 Å². The summed E-state index contributed by atoms with van der Waals surface area (Å²) >= 11 is 0. The van der Waals surface area contributed by atoms with Crippen LogP contribution in [0.4, 0.5) is 0 Å². The Kier molecular flexibility index (Phi) is 6.34. The van der Waals surface area contributed by atoms with E-state index >= 15 is 0 Å². The fourth-order valence-electron chi connectivity index (χ4n) is 5.45. The average Bonchev–Trinajstić information content (AvgIpc) is 3.60. The molecule has 0 unspecified atom stereocenters. The molecular formula is C28H33N3O2. The molecule has 1 amide bonds. The predicted molar refractivity (Wildman–Crippen MR) is 130 cm³/mol. The SMILES string of the molecule is C[C@H](N)c1ccc(C(=O)N2C[C@@H](c3ccccc3)C[C@H]2CN2CC[C@H](c3ccccc3)C2)o1. The van der Waals surface area contributed by atoms with Gasteiger partial charge in [-0.3, -0.25) is 4.79 Å². The van der Waals surface area contributed by atoms with Gasteiger partial charge in [0.15, 0.2) is 5.76 Å². The molecule has 5 nitrogen and oxygen atoms in total. The Morgan fingerprint density at radius 1 is 0.970 bits per heavy atom. The summed E-state index contributed by atoms with van der Waals surface area (Å²) in [7, 11) is 0. The summed E-state index contributed by atoms with van der Waals surface area (Å²) in [6.45, 7) is 5.61. The quantitative estimate of drug-likeness (QED) is 0.595. The van der Waals surface area contributed by atoms with Gasteiger partial charge in [-0.2, -0.15) is 0 Å². The molecule has 1 aromatic heterocycles. The summed E-state index contributed by atoms with van der Waals surface area (Å²) in [4.78, 5) is 18.1. The van der Waals surface area contributed by atoms with E-state index in [2.05, 4.69) is 59.5 Å². The van der Waals surface area contributed by atoms with Crippen molar-refractivity contribution in [1.82, 2.24) is 9.80 Å². The zero-order valence-electron chi connectivity index (χ0n) is 19.3. The van der Waals surface area contributed by atoms with Crippen molar-refractivity contribution in [3.8, 4) is 0 Å². The highest BCUT2D eigenvalue weighted by molar-refractivity contribution is 5.92. The second-order valence-electron chi connectivity index (χ2n) is 9.60. The van der Waals surface area contributed by atoms with Gasteiger partial charge in [0, 0.05) is 31.6 Å². The van der Waals surface area contributed by atoms with E-state index in [1.807, 2.05) is 24.0 Å². The second-order valence-corrected chi connectivity index (χ2v) is 9.60. The Hall–Kier alpha value is -2.89. The fourth-order valence-corrected chi connectivity index (χ4v) is 5.45. The van der Waals surface area contributed by atoms with Crippen molar-refractivity contribution in [3.63, 3.8) is 0 Å². The lowest BCUT2D eigenvalue weighted by molar-refractivity contribution is 0.0672. The van der Waals surface area contributed by atoms with Gasteiger partial charge in [0.2, 0.25) is 0 Å². The molecule has 0 spiro atoms. The third-order valence-corrected chi connectivity index (χ3v) is 7.24. The highest BCUT2D eigenvalue weighted by Gasteiger charge is 2.39. The summed E-state index contributed by atoms with van der Waals surface area (Å²) in [6.07, 6.45) is 2.14. The van der Waals surface area contributed by atoms with Crippen molar-refractivity contribution in [1.29, 1.82) is 0 Å². The molecule has 2 fully saturated rings. The second kappa shape index (κ2) is 9.54.